The van der Waals surface area contributed by atoms with Crippen LogP contribution in [-0.2, 0) is 16.0 Å². The maximum atomic E-state index is 13.3. The Hall–Kier alpha value is -1.17. The highest BCUT2D eigenvalue weighted by atomic mass is 19.1. The van der Waals surface area contributed by atoms with Crippen molar-refractivity contribution in [3.8, 4) is 0 Å². The molecular weight excluding hydrogens is 259 g/mol. The van der Waals surface area contributed by atoms with Crippen molar-refractivity contribution in [2.75, 3.05) is 45.3 Å². The summed E-state index contributed by atoms with van der Waals surface area (Å²) in [6.07, 6.45) is 0. The molecule has 114 valence electrons. The van der Waals surface area contributed by atoms with Gasteiger partial charge in [0.1, 0.15) is 5.82 Å². The average molecular weight is 284 g/mol. The first-order chi connectivity index (χ1) is 9.67. The van der Waals surface area contributed by atoms with Crippen LogP contribution in [0.25, 0.3) is 0 Å². The third-order valence-corrected chi connectivity index (χ3v) is 3.01. The zero-order valence-electron chi connectivity index (χ0n) is 12.4. The summed E-state index contributed by atoms with van der Waals surface area (Å²) >= 11 is 0. The van der Waals surface area contributed by atoms with E-state index in [9.17, 15) is 4.39 Å². The molecule has 0 radical (unpaired) electrons. The lowest BCUT2D eigenvalue weighted by Gasteiger charge is -2.23. The Bertz CT molecular complexity index is 378. The van der Waals surface area contributed by atoms with Gasteiger partial charge in [-0.05, 0) is 37.6 Å². The Morgan fingerprint density at radius 1 is 1.10 bits per heavy atom. The second-order valence-electron chi connectivity index (χ2n) is 4.51. The second-order valence-corrected chi connectivity index (χ2v) is 4.51. The van der Waals surface area contributed by atoms with E-state index in [1.165, 1.54) is 12.1 Å². The van der Waals surface area contributed by atoms with E-state index in [-0.39, 0.29) is 5.82 Å². The van der Waals surface area contributed by atoms with Crippen LogP contribution in [0, 0.1) is 5.82 Å². The Labute approximate surface area is 120 Å². The standard InChI is InChI=1S/C15H25FN2O2/c1-3-19-9-7-18(8-10-20-4-2)12-13-11-14(16)5-6-15(13)17/h5-6,11H,3-4,7-10,12,17H2,1-2H3. The molecule has 0 bridgehead atoms. The van der Waals surface area contributed by atoms with Crippen molar-refractivity contribution in [2.24, 2.45) is 0 Å². The highest BCUT2D eigenvalue weighted by molar-refractivity contribution is 5.46. The first-order valence-corrected chi connectivity index (χ1v) is 7.09. The van der Waals surface area contributed by atoms with Crippen LogP contribution in [0.4, 0.5) is 10.1 Å². The van der Waals surface area contributed by atoms with Gasteiger partial charge in [-0.15, -0.1) is 0 Å². The van der Waals surface area contributed by atoms with Crippen molar-refractivity contribution < 1.29 is 13.9 Å². The largest absolute Gasteiger partial charge is 0.398 e. The number of rotatable bonds is 10. The predicted molar refractivity (Wildman–Crippen MR) is 79.1 cm³/mol. The Morgan fingerprint density at radius 3 is 2.25 bits per heavy atom. The summed E-state index contributed by atoms with van der Waals surface area (Å²) in [5.41, 5.74) is 7.31. The molecule has 0 aliphatic rings. The van der Waals surface area contributed by atoms with Gasteiger partial charge in [-0.25, -0.2) is 4.39 Å². The topological polar surface area (TPSA) is 47.7 Å². The van der Waals surface area contributed by atoms with Crippen LogP contribution in [0.5, 0.6) is 0 Å². The van der Waals surface area contributed by atoms with Crippen LogP contribution in [-0.4, -0.2) is 44.4 Å². The summed E-state index contributed by atoms with van der Waals surface area (Å²) in [5, 5.41) is 0. The Kier molecular flexibility index (Phi) is 8.18. The van der Waals surface area contributed by atoms with Gasteiger partial charge in [0.2, 0.25) is 0 Å². The van der Waals surface area contributed by atoms with Gasteiger partial charge in [-0.1, -0.05) is 0 Å². The molecule has 1 rings (SSSR count). The van der Waals surface area contributed by atoms with E-state index in [2.05, 4.69) is 4.90 Å². The number of hydrogen-bond acceptors (Lipinski definition) is 4. The molecule has 0 aliphatic carbocycles. The van der Waals surface area contributed by atoms with Crippen molar-refractivity contribution in [1.29, 1.82) is 0 Å². The molecule has 0 saturated carbocycles. The van der Waals surface area contributed by atoms with Crippen LogP contribution >= 0.6 is 0 Å². The summed E-state index contributed by atoms with van der Waals surface area (Å²) in [4.78, 5) is 2.16. The zero-order chi connectivity index (χ0) is 14.8. The molecule has 2 N–H and O–H groups in total. The maximum absolute atomic E-state index is 13.3. The number of hydrogen-bond donors (Lipinski definition) is 1. The molecule has 0 spiro atoms. The van der Waals surface area contributed by atoms with Gasteiger partial charge in [0.15, 0.2) is 0 Å². The number of nitrogens with two attached hydrogens (primary N) is 1. The van der Waals surface area contributed by atoms with E-state index in [1.54, 1.807) is 6.07 Å². The van der Waals surface area contributed by atoms with Crippen molar-refractivity contribution >= 4 is 5.69 Å². The molecule has 4 nitrogen and oxygen atoms in total. The lowest BCUT2D eigenvalue weighted by Crippen LogP contribution is -2.31. The monoisotopic (exact) mass is 284 g/mol. The fraction of sp³-hybridized carbons (Fsp3) is 0.600. The molecule has 5 heteroatoms. The molecule has 1 aromatic carbocycles. The van der Waals surface area contributed by atoms with Crippen LogP contribution < -0.4 is 5.73 Å². The van der Waals surface area contributed by atoms with Gasteiger partial charge in [0.25, 0.3) is 0 Å². The second kappa shape index (κ2) is 9.69. The number of nitrogens with zero attached hydrogens (tertiary/aromatic N) is 1. The molecule has 1 aromatic rings. The molecule has 0 heterocycles. The van der Waals surface area contributed by atoms with Gasteiger partial charge in [-0.2, -0.15) is 0 Å². The first kappa shape index (κ1) is 16.9. The third kappa shape index (κ3) is 6.32. The molecule has 20 heavy (non-hydrogen) atoms. The van der Waals surface area contributed by atoms with Crippen molar-refractivity contribution in [1.82, 2.24) is 4.90 Å². The fourth-order valence-corrected chi connectivity index (χ4v) is 1.90. The fourth-order valence-electron chi connectivity index (χ4n) is 1.90. The molecule has 0 amide bonds. The van der Waals surface area contributed by atoms with E-state index in [4.69, 9.17) is 15.2 Å². The summed E-state index contributed by atoms with van der Waals surface area (Å²) in [6, 6.07) is 4.47. The van der Waals surface area contributed by atoms with Crippen LogP contribution in [0.3, 0.4) is 0 Å². The van der Waals surface area contributed by atoms with Crippen LogP contribution in [0.2, 0.25) is 0 Å². The van der Waals surface area contributed by atoms with Crippen molar-refractivity contribution in [3.05, 3.63) is 29.6 Å². The Balaban J connectivity index is 2.58. The summed E-state index contributed by atoms with van der Waals surface area (Å²) in [6.45, 7) is 8.78. The van der Waals surface area contributed by atoms with Crippen molar-refractivity contribution in [3.63, 3.8) is 0 Å². The minimum Gasteiger partial charge on any atom is -0.398 e. The number of nitrogen functional groups attached to an aromatic ring is 1. The minimum absolute atomic E-state index is 0.260. The normalized spacial score (nSPS) is 11.2. The molecule has 0 aliphatic heterocycles. The summed E-state index contributed by atoms with van der Waals surface area (Å²) < 4.78 is 24.0. The van der Waals surface area contributed by atoms with E-state index in [1.807, 2.05) is 13.8 Å². The smallest absolute Gasteiger partial charge is 0.123 e. The molecule has 0 atom stereocenters. The number of ether oxygens (including phenoxy) is 2. The molecule has 0 unspecified atom stereocenters. The Morgan fingerprint density at radius 2 is 1.70 bits per heavy atom. The highest BCUT2D eigenvalue weighted by Crippen LogP contribution is 2.15. The zero-order valence-corrected chi connectivity index (χ0v) is 12.4. The summed E-state index contributed by atoms with van der Waals surface area (Å²) in [5.74, 6) is -0.260. The minimum atomic E-state index is -0.260. The van der Waals surface area contributed by atoms with E-state index < -0.39 is 0 Å². The first-order valence-electron chi connectivity index (χ1n) is 7.09. The van der Waals surface area contributed by atoms with Crippen LogP contribution in [0.15, 0.2) is 18.2 Å². The molecule has 0 saturated heterocycles. The quantitative estimate of drug-likeness (QED) is 0.529. The van der Waals surface area contributed by atoms with E-state index >= 15 is 0 Å². The van der Waals surface area contributed by atoms with Gasteiger partial charge in [0, 0.05) is 38.5 Å². The van der Waals surface area contributed by atoms with Crippen molar-refractivity contribution in [2.45, 2.75) is 20.4 Å². The molecule has 0 fully saturated rings. The third-order valence-electron chi connectivity index (χ3n) is 3.01. The van der Waals surface area contributed by atoms with Gasteiger partial charge in [-0.3, -0.25) is 4.90 Å². The van der Waals surface area contributed by atoms with E-state index in [0.717, 1.165) is 18.7 Å². The summed E-state index contributed by atoms with van der Waals surface area (Å²) in [7, 11) is 0. The lowest BCUT2D eigenvalue weighted by molar-refractivity contribution is 0.0798. The maximum Gasteiger partial charge on any atom is 0.123 e. The van der Waals surface area contributed by atoms with Gasteiger partial charge in [0.05, 0.1) is 13.2 Å². The molecular formula is C15H25FN2O2. The molecule has 0 aromatic heterocycles. The van der Waals surface area contributed by atoms with Crippen LogP contribution in [0.1, 0.15) is 19.4 Å². The highest BCUT2D eigenvalue weighted by Gasteiger charge is 2.09. The number of benzene rings is 1. The van der Waals surface area contributed by atoms with Gasteiger partial charge >= 0.3 is 0 Å². The average Bonchev–Trinajstić information content (AvgIpc) is 2.43. The number of anilines is 1. The van der Waals surface area contributed by atoms with E-state index in [0.29, 0.717) is 38.7 Å². The number of halogens is 1. The lowest BCUT2D eigenvalue weighted by atomic mass is 10.1. The SMILES string of the molecule is CCOCCN(CCOCC)Cc1cc(F)ccc1N. The van der Waals surface area contributed by atoms with Gasteiger partial charge < -0.3 is 15.2 Å². The predicted octanol–water partition coefficient (Wildman–Crippen LogP) is 2.28.